The fourth-order valence-electron chi connectivity index (χ4n) is 2.06. The molecule has 0 unspecified atom stereocenters. The van der Waals surface area contributed by atoms with E-state index in [-0.39, 0.29) is 5.28 Å². The largest absolute Gasteiger partial charge is 0.368 e. The maximum atomic E-state index is 5.94. The summed E-state index contributed by atoms with van der Waals surface area (Å²) in [6, 6.07) is 7.79. The van der Waals surface area contributed by atoms with E-state index in [9.17, 15) is 0 Å². The number of nitrogens with zero attached hydrogens (tertiary/aromatic N) is 4. The van der Waals surface area contributed by atoms with E-state index < -0.39 is 0 Å². The van der Waals surface area contributed by atoms with E-state index in [1.165, 1.54) is 0 Å². The Morgan fingerprint density at radius 1 is 1.25 bits per heavy atom. The molecule has 0 fully saturated rings. The molecular weight excluding hydrogens is 274 g/mol. The molecule has 0 atom stereocenters. The molecule has 0 radical (unpaired) electrons. The molecule has 0 aliphatic carbocycles. The third-order valence-corrected chi connectivity index (χ3v) is 3.14. The molecule has 0 aliphatic heterocycles. The van der Waals surface area contributed by atoms with E-state index in [2.05, 4.69) is 20.4 Å². The van der Waals surface area contributed by atoms with Gasteiger partial charge in [0.2, 0.25) is 5.28 Å². The van der Waals surface area contributed by atoms with Crippen molar-refractivity contribution in [2.75, 3.05) is 11.9 Å². The van der Waals surface area contributed by atoms with Crippen molar-refractivity contribution in [2.45, 2.75) is 13.5 Å². The highest BCUT2D eigenvalue weighted by Crippen LogP contribution is 2.21. The van der Waals surface area contributed by atoms with E-state index in [1.54, 1.807) is 0 Å². The molecule has 0 saturated carbocycles. The first-order valence-corrected chi connectivity index (χ1v) is 6.75. The number of rotatable bonds is 4. The van der Waals surface area contributed by atoms with Crippen LogP contribution in [0.15, 0.2) is 36.7 Å². The zero-order valence-electron chi connectivity index (χ0n) is 11.0. The summed E-state index contributed by atoms with van der Waals surface area (Å²) in [6.07, 6.45) is 3.85. The molecular formula is C14H14ClN5. The van der Waals surface area contributed by atoms with Gasteiger partial charge in [0.1, 0.15) is 5.82 Å². The van der Waals surface area contributed by atoms with Crippen LogP contribution in [0.25, 0.3) is 10.9 Å². The van der Waals surface area contributed by atoms with Crippen molar-refractivity contribution >= 4 is 28.3 Å². The predicted octanol–water partition coefficient (Wildman–Crippen LogP) is 2.90. The van der Waals surface area contributed by atoms with Crippen LogP contribution in [-0.2, 0) is 6.54 Å². The fourth-order valence-corrected chi connectivity index (χ4v) is 2.24. The molecule has 0 saturated heterocycles. The van der Waals surface area contributed by atoms with Gasteiger partial charge in [0.15, 0.2) is 0 Å². The Labute approximate surface area is 121 Å². The van der Waals surface area contributed by atoms with Crippen LogP contribution in [0.2, 0.25) is 5.28 Å². The van der Waals surface area contributed by atoms with E-state index in [4.69, 9.17) is 11.6 Å². The van der Waals surface area contributed by atoms with Crippen LogP contribution >= 0.6 is 11.6 Å². The normalized spacial score (nSPS) is 10.9. The Morgan fingerprint density at radius 2 is 2.10 bits per heavy atom. The summed E-state index contributed by atoms with van der Waals surface area (Å²) < 4.78 is 1.90. The first kappa shape index (κ1) is 12.9. The molecule has 1 aromatic carbocycles. The smallest absolute Gasteiger partial charge is 0.224 e. The SMILES string of the molecule is Cc1cnn(CCNc2nc(Cl)nc3ccccc23)c1. The first-order chi connectivity index (χ1) is 9.72. The highest BCUT2D eigenvalue weighted by atomic mass is 35.5. The van der Waals surface area contributed by atoms with Crippen molar-refractivity contribution in [1.82, 2.24) is 19.7 Å². The third kappa shape index (κ3) is 2.72. The summed E-state index contributed by atoms with van der Waals surface area (Å²) in [4.78, 5) is 8.45. The van der Waals surface area contributed by atoms with Gasteiger partial charge in [0.25, 0.3) is 0 Å². The second kappa shape index (κ2) is 5.46. The number of halogens is 1. The lowest BCUT2D eigenvalue weighted by Gasteiger charge is -2.09. The molecule has 3 rings (SSSR count). The quantitative estimate of drug-likeness (QED) is 0.750. The fraction of sp³-hybridized carbons (Fsp3) is 0.214. The number of benzene rings is 1. The van der Waals surface area contributed by atoms with Crippen LogP contribution in [0.4, 0.5) is 5.82 Å². The highest BCUT2D eigenvalue weighted by molar-refractivity contribution is 6.28. The van der Waals surface area contributed by atoms with Crippen molar-refractivity contribution in [1.29, 1.82) is 0 Å². The minimum atomic E-state index is 0.251. The summed E-state index contributed by atoms with van der Waals surface area (Å²) in [5.41, 5.74) is 1.99. The molecule has 2 aromatic heterocycles. The topological polar surface area (TPSA) is 55.6 Å². The van der Waals surface area contributed by atoms with Crippen molar-refractivity contribution < 1.29 is 0 Å². The summed E-state index contributed by atoms with van der Waals surface area (Å²) in [5.74, 6) is 0.754. The number of anilines is 1. The number of hydrogen-bond donors (Lipinski definition) is 1. The Hall–Kier alpha value is -2.14. The Kier molecular flexibility index (Phi) is 3.52. The monoisotopic (exact) mass is 287 g/mol. The van der Waals surface area contributed by atoms with Crippen LogP contribution in [0.3, 0.4) is 0 Å². The third-order valence-electron chi connectivity index (χ3n) is 2.97. The zero-order valence-corrected chi connectivity index (χ0v) is 11.8. The molecule has 2 heterocycles. The summed E-state index contributed by atoms with van der Waals surface area (Å²) in [5, 5.41) is 8.75. The lowest BCUT2D eigenvalue weighted by Crippen LogP contribution is -2.12. The standard InChI is InChI=1S/C14H14ClN5/c1-10-8-17-20(9-10)7-6-16-13-11-4-2-3-5-12(11)18-14(15)19-13/h2-5,8-9H,6-7H2,1H3,(H,16,18,19). The molecule has 6 heteroatoms. The van der Waals surface area contributed by atoms with Crippen LogP contribution < -0.4 is 5.32 Å². The minimum absolute atomic E-state index is 0.251. The number of hydrogen-bond acceptors (Lipinski definition) is 4. The Bertz CT molecular complexity index is 737. The molecule has 0 amide bonds. The van der Waals surface area contributed by atoms with Gasteiger partial charge < -0.3 is 5.32 Å². The van der Waals surface area contributed by atoms with Crippen LogP contribution in [0, 0.1) is 6.92 Å². The van der Waals surface area contributed by atoms with Crippen molar-refractivity contribution in [3.8, 4) is 0 Å². The van der Waals surface area contributed by atoms with Gasteiger partial charge in [-0.25, -0.2) is 9.97 Å². The number of para-hydroxylation sites is 1. The van der Waals surface area contributed by atoms with E-state index in [0.29, 0.717) is 0 Å². The molecule has 102 valence electrons. The molecule has 1 N–H and O–H groups in total. The van der Waals surface area contributed by atoms with E-state index in [1.807, 2.05) is 48.3 Å². The molecule has 20 heavy (non-hydrogen) atoms. The van der Waals surface area contributed by atoms with Crippen molar-refractivity contribution in [3.63, 3.8) is 0 Å². The van der Waals surface area contributed by atoms with Gasteiger partial charge in [-0.2, -0.15) is 5.10 Å². The minimum Gasteiger partial charge on any atom is -0.368 e. The molecule has 5 nitrogen and oxygen atoms in total. The number of aromatic nitrogens is 4. The van der Waals surface area contributed by atoms with Gasteiger partial charge in [-0.15, -0.1) is 0 Å². The lowest BCUT2D eigenvalue weighted by atomic mass is 10.2. The summed E-state index contributed by atoms with van der Waals surface area (Å²) >= 11 is 5.94. The van der Waals surface area contributed by atoms with Gasteiger partial charge in [-0.1, -0.05) is 12.1 Å². The summed E-state index contributed by atoms with van der Waals surface area (Å²) in [6.45, 7) is 3.51. The maximum absolute atomic E-state index is 5.94. The number of fused-ring (bicyclic) bond motifs is 1. The maximum Gasteiger partial charge on any atom is 0.224 e. The molecule has 0 bridgehead atoms. The van der Waals surface area contributed by atoms with Gasteiger partial charge in [0, 0.05) is 18.1 Å². The van der Waals surface area contributed by atoms with Crippen molar-refractivity contribution in [2.24, 2.45) is 0 Å². The number of nitrogens with one attached hydrogen (secondary N) is 1. The van der Waals surface area contributed by atoms with Gasteiger partial charge in [0.05, 0.1) is 18.3 Å². The Morgan fingerprint density at radius 3 is 2.90 bits per heavy atom. The van der Waals surface area contributed by atoms with Crippen LogP contribution in [0.5, 0.6) is 0 Å². The zero-order chi connectivity index (χ0) is 13.9. The highest BCUT2D eigenvalue weighted by Gasteiger charge is 2.05. The van der Waals surface area contributed by atoms with Crippen LogP contribution in [-0.4, -0.2) is 26.3 Å². The van der Waals surface area contributed by atoms with Gasteiger partial charge in [-0.05, 0) is 36.2 Å². The molecule has 0 spiro atoms. The molecule has 0 aliphatic rings. The average Bonchev–Trinajstić information content (AvgIpc) is 2.84. The van der Waals surface area contributed by atoms with Gasteiger partial charge in [-0.3, -0.25) is 4.68 Å². The van der Waals surface area contributed by atoms with Crippen LogP contribution in [0.1, 0.15) is 5.56 Å². The van der Waals surface area contributed by atoms with Gasteiger partial charge >= 0.3 is 0 Å². The number of aryl methyl sites for hydroxylation is 1. The first-order valence-electron chi connectivity index (χ1n) is 6.37. The van der Waals surface area contributed by atoms with Crippen molar-refractivity contribution in [3.05, 3.63) is 47.5 Å². The second-order valence-electron chi connectivity index (χ2n) is 4.57. The summed E-state index contributed by atoms with van der Waals surface area (Å²) in [7, 11) is 0. The molecule has 3 aromatic rings. The average molecular weight is 288 g/mol. The lowest BCUT2D eigenvalue weighted by molar-refractivity contribution is 0.637. The van der Waals surface area contributed by atoms with E-state index in [0.717, 1.165) is 35.4 Å². The van der Waals surface area contributed by atoms with E-state index >= 15 is 0 Å². The predicted molar refractivity (Wildman–Crippen MR) is 80.0 cm³/mol. The Balaban J connectivity index is 1.77. The second-order valence-corrected chi connectivity index (χ2v) is 4.90.